The van der Waals surface area contributed by atoms with Gasteiger partial charge in [-0.3, -0.25) is 19.2 Å². The van der Waals surface area contributed by atoms with Gasteiger partial charge in [-0.15, -0.1) is 0 Å². The fourth-order valence-corrected chi connectivity index (χ4v) is 5.21. The van der Waals surface area contributed by atoms with E-state index in [2.05, 4.69) is 22.6 Å². The first-order valence-corrected chi connectivity index (χ1v) is 9.10. The highest BCUT2D eigenvalue weighted by Crippen LogP contribution is 2.51. The van der Waals surface area contributed by atoms with Gasteiger partial charge in [-0.1, -0.05) is 22.6 Å². The number of fused-ring (bicyclic) bond motifs is 2. The summed E-state index contributed by atoms with van der Waals surface area (Å²) < 4.78 is 0.747. The Morgan fingerprint density at radius 3 is 2.23 bits per heavy atom. The summed E-state index contributed by atoms with van der Waals surface area (Å²) in [5, 5.41) is 0. The van der Waals surface area contributed by atoms with Crippen molar-refractivity contribution in [2.75, 3.05) is 4.43 Å². The van der Waals surface area contributed by atoms with E-state index in [9.17, 15) is 19.2 Å². The average molecular weight is 412 g/mol. The van der Waals surface area contributed by atoms with E-state index in [0.29, 0.717) is 25.7 Å². The molecule has 4 unspecified atom stereocenters. The summed E-state index contributed by atoms with van der Waals surface area (Å²) in [5.74, 6) is -1.40. The Labute approximate surface area is 142 Å². The Morgan fingerprint density at radius 1 is 0.909 bits per heavy atom. The van der Waals surface area contributed by atoms with Crippen LogP contribution >= 0.6 is 22.6 Å². The SMILES string of the molecule is O=C1C=CC(=O)C2CC3(CCI)C(=O)C=CC(=O)C3CCC12. The summed E-state index contributed by atoms with van der Waals surface area (Å²) in [6, 6.07) is 0. The zero-order valence-corrected chi connectivity index (χ0v) is 14.2. The Balaban J connectivity index is 2.07. The van der Waals surface area contributed by atoms with E-state index in [0.717, 1.165) is 4.43 Å². The number of ketones is 4. The molecule has 116 valence electrons. The number of hydrogen-bond acceptors (Lipinski definition) is 4. The van der Waals surface area contributed by atoms with Gasteiger partial charge in [-0.25, -0.2) is 0 Å². The summed E-state index contributed by atoms with van der Waals surface area (Å²) in [5.41, 5.74) is -0.798. The molecule has 0 aliphatic heterocycles. The Bertz CT molecular complexity index is 618. The molecule has 0 saturated heterocycles. The van der Waals surface area contributed by atoms with Crippen molar-refractivity contribution in [3.05, 3.63) is 24.3 Å². The van der Waals surface area contributed by atoms with Crippen LogP contribution in [0, 0.1) is 23.2 Å². The molecule has 0 amide bonds. The maximum Gasteiger partial charge on any atom is 0.162 e. The number of hydrogen-bond donors (Lipinski definition) is 0. The van der Waals surface area contributed by atoms with Gasteiger partial charge >= 0.3 is 0 Å². The molecule has 1 fully saturated rings. The van der Waals surface area contributed by atoms with Crippen LogP contribution in [-0.4, -0.2) is 27.6 Å². The van der Waals surface area contributed by atoms with Crippen LogP contribution in [0.1, 0.15) is 25.7 Å². The van der Waals surface area contributed by atoms with Crippen molar-refractivity contribution >= 4 is 45.7 Å². The zero-order chi connectivity index (χ0) is 15.9. The molecule has 0 aromatic carbocycles. The number of allylic oxidation sites excluding steroid dienone is 4. The molecule has 22 heavy (non-hydrogen) atoms. The lowest BCUT2D eigenvalue weighted by Crippen LogP contribution is -2.46. The Kier molecular flexibility index (Phi) is 4.18. The number of halogens is 1. The van der Waals surface area contributed by atoms with Gasteiger partial charge in [0.1, 0.15) is 0 Å². The molecule has 0 bridgehead atoms. The van der Waals surface area contributed by atoms with E-state index < -0.39 is 11.3 Å². The first-order chi connectivity index (χ1) is 10.5. The monoisotopic (exact) mass is 412 g/mol. The highest BCUT2D eigenvalue weighted by Gasteiger charge is 2.54. The van der Waals surface area contributed by atoms with Gasteiger partial charge < -0.3 is 0 Å². The zero-order valence-electron chi connectivity index (χ0n) is 12.1. The fraction of sp³-hybridized carbons (Fsp3) is 0.529. The first-order valence-electron chi connectivity index (χ1n) is 7.58. The average Bonchev–Trinajstić information content (AvgIpc) is 2.67. The lowest BCUT2D eigenvalue weighted by atomic mass is 9.61. The molecule has 0 heterocycles. The molecule has 0 aromatic heterocycles. The molecule has 0 N–H and O–H groups in total. The summed E-state index contributed by atoms with van der Waals surface area (Å²) in [4.78, 5) is 49.4. The maximum absolute atomic E-state index is 12.6. The third kappa shape index (κ3) is 2.33. The smallest absolute Gasteiger partial charge is 0.162 e. The molecule has 3 aliphatic carbocycles. The van der Waals surface area contributed by atoms with Crippen molar-refractivity contribution in [1.29, 1.82) is 0 Å². The van der Waals surface area contributed by atoms with E-state index in [1.807, 2.05) is 0 Å². The van der Waals surface area contributed by atoms with E-state index in [-0.39, 0.29) is 35.0 Å². The van der Waals surface area contributed by atoms with Crippen molar-refractivity contribution in [3.63, 3.8) is 0 Å². The normalized spacial score (nSPS) is 37.8. The van der Waals surface area contributed by atoms with Crippen molar-refractivity contribution in [2.24, 2.45) is 23.2 Å². The molecule has 3 aliphatic rings. The maximum atomic E-state index is 12.6. The Hall–Kier alpha value is -1.11. The van der Waals surface area contributed by atoms with Crippen LogP contribution in [0.15, 0.2) is 24.3 Å². The molecule has 1 saturated carbocycles. The highest BCUT2D eigenvalue weighted by atomic mass is 127. The lowest BCUT2D eigenvalue weighted by Gasteiger charge is -2.39. The van der Waals surface area contributed by atoms with Gasteiger partial charge in [-0.05, 0) is 50.0 Å². The van der Waals surface area contributed by atoms with Gasteiger partial charge in [-0.2, -0.15) is 0 Å². The molecule has 5 heteroatoms. The molecular weight excluding hydrogens is 395 g/mol. The van der Waals surface area contributed by atoms with Gasteiger partial charge in [0.15, 0.2) is 23.1 Å². The van der Waals surface area contributed by atoms with Crippen LogP contribution < -0.4 is 0 Å². The quantitative estimate of drug-likeness (QED) is 0.516. The standard InChI is InChI=1S/C17H17IO4/c18-8-7-17-9-11-10(13(19)3-4-14(11)20)1-2-12(17)15(21)5-6-16(17)22/h3-6,10-12H,1-2,7-9H2. The van der Waals surface area contributed by atoms with Crippen LogP contribution in [-0.2, 0) is 19.2 Å². The third-order valence-electron chi connectivity index (χ3n) is 5.42. The summed E-state index contributed by atoms with van der Waals surface area (Å²) in [6.45, 7) is 0. The van der Waals surface area contributed by atoms with E-state index in [4.69, 9.17) is 0 Å². The van der Waals surface area contributed by atoms with Gasteiger partial charge in [0, 0.05) is 27.6 Å². The summed E-state index contributed by atoms with van der Waals surface area (Å²) in [6.07, 6.45) is 7.38. The minimum absolute atomic E-state index is 0.0315. The summed E-state index contributed by atoms with van der Waals surface area (Å²) in [7, 11) is 0. The second kappa shape index (κ2) is 5.83. The van der Waals surface area contributed by atoms with Crippen molar-refractivity contribution in [1.82, 2.24) is 0 Å². The van der Waals surface area contributed by atoms with Crippen LogP contribution in [0.3, 0.4) is 0 Å². The molecule has 3 rings (SSSR count). The van der Waals surface area contributed by atoms with E-state index >= 15 is 0 Å². The minimum Gasteiger partial charge on any atom is -0.295 e. The fourth-order valence-electron chi connectivity index (χ4n) is 4.25. The number of rotatable bonds is 2. The van der Waals surface area contributed by atoms with Crippen LogP contribution in [0.5, 0.6) is 0 Å². The molecule has 4 nitrogen and oxygen atoms in total. The second-order valence-electron chi connectivity index (χ2n) is 6.38. The largest absolute Gasteiger partial charge is 0.295 e. The predicted octanol–water partition coefficient (Wildman–Crippen LogP) is 2.25. The van der Waals surface area contributed by atoms with Gasteiger partial charge in [0.2, 0.25) is 0 Å². The Morgan fingerprint density at radius 2 is 1.55 bits per heavy atom. The minimum atomic E-state index is -0.798. The van der Waals surface area contributed by atoms with Gasteiger partial charge in [0.05, 0.1) is 0 Å². The van der Waals surface area contributed by atoms with E-state index in [1.54, 1.807) is 0 Å². The van der Waals surface area contributed by atoms with Crippen molar-refractivity contribution in [2.45, 2.75) is 25.7 Å². The lowest BCUT2D eigenvalue weighted by molar-refractivity contribution is -0.139. The first kappa shape index (κ1) is 15.8. The number of carbonyl (C=O) groups is 4. The predicted molar refractivity (Wildman–Crippen MR) is 88.6 cm³/mol. The topological polar surface area (TPSA) is 68.3 Å². The van der Waals surface area contributed by atoms with Crippen LogP contribution in [0.4, 0.5) is 0 Å². The second-order valence-corrected chi connectivity index (χ2v) is 7.46. The highest BCUT2D eigenvalue weighted by molar-refractivity contribution is 14.1. The van der Waals surface area contributed by atoms with Crippen LogP contribution in [0.25, 0.3) is 0 Å². The van der Waals surface area contributed by atoms with Crippen molar-refractivity contribution in [3.8, 4) is 0 Å². The van der Waals surface area contributed by atoms with Gasteiger partial charge in [0.25, 0.3) is 0 Å². The molecule has 0 aromatic rings. The molecule has 4 atom stereocenters. The van der Waals surface area contributed by atoms with Crippen molar-refractivity contribution < 1.29 is 19.2 Å². The van der Waals surface area contributed by atoms with E-state index in [1.165, 1.54) is 24.3 Å². The third-order valence-corrected chi connectivity index (χ3v) is 5.96. The number of alkyl halides is 1. The van der Waals surface area contributed by atoms with Crippen LogP contribution in [0.2, 0.25) is 0 Å². The molecule has 0 radical (unpaired) electrons. The summed E-state index contributed by atoms with van der Waals surface area (Å²) >= 11 is 2.21. The molecular formula is C17H17IO4. The molecule has 0 spiro atoms. The number of carbonyl (C=O) groups excluding carboxylic acids is 4.